The zero-order valence-electron chi connectivity index (χ0n) is 15.8. The predicted molar refractivity (Wildman–Crippen MR) is 110 cm³/mol. The zero-order valence-corrected chi connectivity index (χ0v) is 17.3. The quantitative estimate of drug-likeness (QED) is 0.474. The number of aromatic nitrogens is 2. The third-order valence-corrected chi connectivity index (χ3v) is 4.12. The van der Waals surface area contributed by atoms with Crippen LogP contribution in [0.3, 0.4) is 0 Å². The van der Waals surface area contributed by atoms with Crippen molar-refractivity contribution < 1.29 is 18.0 Å². The first-order chi connectivity index (χ1) is 14.0. The number of carbonyl (C=O) groups excluding carboxylic acids is 1. The number of allylic oxidation sites excluding steroid dienone is 1. The topological polar surface area (TPSA) is 103 Å². The van der Waals surface area contributed by atoms with Crippen molar-refractivity contribution in [1.82, 2.24) is 20.8 Å². The number of carbonyl (C=O) groups is 1. The number of alkyl halides is 3. The van der Waals surface area contributed by atoms with E-state index in [9.17, 15) is 18.0 Å². The standard InChI is InChI=1S/C18H17Cl2F3N6O/c1-9-3-13(7-26-17(30)27-12-5-10(19)4-11(20)6-12)28-29-15(9)14(8-25-2)16(24)18(21,22)23/h3-6,8,24-25H,7H2,1-2H3,(H2,26,27,30)/b14-8-,24-16?. The summed E-state index contributed by atoms with van der Waals surface area (Å²) >= 11 is 11.7. The number of benzene rings is 1. The molecule has 0 bridgehead atoms. The summed E-state index contributed by atoms with van der Waals surface area (Å²) < 4.78 is 38.8. The molecule has 0 saturated carbocycles. The number of nitrogens with one attached hydrogen (secondary N) is 4. The Hall–Kier alpha value is -2.85. The second-order valence-electron chi connectivity index (χ2n) is 6.05. The van der Waals surface area contributed by atoms with Gasteiger partial charge in [-0.3, -0.25) is 5.41 Å². The Bertz CT molecular complexity index is 974. The predicted octanol–water partition coefficient (Wildman–Crippen LogP) is 4.56. The van der Waals surface area contributed by atoms with E-state index in [1.807, 2.05) is 0 Å². The van der Waals surface area contributed by atoms with Crippen LogP contribution in [0.15, 0.2) is 30.5 Å². The number of aryl methyl sites for hydroxylation is 1. The van der Waals surface area contributed by atoms with Gasteiger partial charge in [0.2, 0.25) is 0 Å². The first kappa shape index (κ1) is 23.4. The molecular formula is C18H17Cl2F3N6O. The van der Waals surface area contributed by atoms with Crippen molar-refractivity contribution in [2.24, 2.45) is 0 Å². The highest BCUT2D eigenvalue weighted by Crippen LogP contribution is 2.27. The number of hydrogen-bond acceptors (Lipinski definition) is 5. The highest BCUT2D eigenvalue weighted by molar-refractivity contribution is 6.35. The van der Waals surface area contributed by atoms with Crippen LogP contribution in [-0.2, 0) is 6.54 Å². The molecule has 0 radical (unpaired) electrons. The molecule has 12 heteroatoms. The zero-order chi connectivity index (χ0) is 22.5. The summed E-state index contributed by atoms with van der Waals surface area (Å²) in [7, 11) is 1.41. The number of nitrogens with zero attached hydrogens (tertiary/aromatic N) is 2. The van der Waals surface area contributed by atoms with Crippen molar-refractivity contribution in [1.29, 1.82) is 5.41 Å². The molecule has 2 amide bonds. The number of urea groups is 1. The molecule has 160 valence electrons. The summed E-state index contributed by atoms with van der Waals surface area (Å²) in [6.07, 6.45) is -3.80. The Morgan fingerprint density at radius 1 is 1.17 bits per heavy atom. The highest BCUT2D eigenvalue weighted by Gasteiger charge is 2.38. The Labute approximate surface area is 180 Å². The molecule has 0 aliphatic heterocycles. The average molecular weight is 461 g/mol. The molecule has 1 aromatic carbocycles. The number of anilines is 1. The van der Waals surface area contributed by atoms with Crippen LogP contribution in [0, 0.1) is 12.3 Å². The van der Waals surface area contributed by atoms with Crippen LogP contribution < -0.4 is 16.0 Å². The van der Waals surface area contributed by atoms with Crippen molar-refractivity contribution in [3.63, 3.8) is 0 Å². The third-order valence-electron chi connectivity index (χ3n) is 3.68. The third kappa shape index (κ3) is 6.33. The van der Waals surface area contributed by atoms with E-state index in [1.54, 1.807) is 0 Å². The SMILES string of the molecule is CN/C=C(\C(=N)C(F)(F)F)c1nnc(CNC(=O)Nc2cc(Cl)cc(Cl)c2)cc1C. The lowest BCUT2D eigenvalue weighted by atomic mass is 10.0. The fourth-order valence-electron chi connectivity index (χ4n) is 2.42. The van der Waals surface area contributed by atoms with Gasteiger partial charge in [-0.1, -0.05) is 23.2 Å². The van der Waals surface area contributed by atoms with Crippen molar-refractivity contribution in [2.75, 3.05) is 12.4 Å². The molecule has 0 aliphatic rings. The van der Waals surface area contributed by atoms with Gasteiger partial charge in [0.25, 0.3) is 0 Å². The van der Waals surface area contributed by atoms with E-state index in [0.29, 0.717) is 27.0 Å². The van der Waals surface area contributed by atoms with E-state index in [2.05, 4.69) is 26.1 Å². The van der Waals surface area contributed by atoms with Crippen LogP contribution in [0.5, 0.6) is 0 Å². The van der Waals surface area contributed by atoms with Crippen LogP contribution in [0.4, 0.5) is 23.7 Å². The molecule has 0 aliphatic carbocycles. The molecule has 0 spiro atoms. The number of hydrogen-bond donors (Lipinski definition) is 4. The average Bonchev–Trinajstić information content (AvgIpc) is 2.63. The minimum atomic E-state index is -4.83. The van der Waals surface area contributed by atoms with Crippen LogP contribution in [0.2, 0.25) is 10.0 Å². The Balaban J connectivity index is 2.10. The first-order valence-corrected chi connectivity index (χ1v) is 9.15. The first-order valence-electron chi connectivity index (χ1n) is 8.39. The normalized spacial score (nSPS) is 11.8. The summed E-state index contributed by atoms with van der Waals surface area (Å²) in [6, 6.07) is 5.45. The maximum Gasteiger partial charge on any atom is 0.433 e. The molecule has 7 nitrogen and oxygen atoms in total. The van der Waals surface area contributed by atoms with Gasteiger partial charge < -0.3 is 16.0 Å². The fourth-order valence-corrected chi connectivity index (χ4v) is 2.95. The summed E-state index contributed by atoms with van der Waals surface area (Å²) in [5.41, 5.74) is -1.01. The van der Waals surface area contributed by atoms with Crippen LogP contribution in [-0.4, -0.2) is 35.2 Å². The molecule has 30 heavy (non-hydrogen) atoms. The van der Waals surface area contributed by atoms with Crippen LogP contribution in [0.1, 0.15) is 17.0 Å². The van der Waals surface area contributed by atoms with Gasteiger partial charge in [0, 0.05) is 34.6 Å². The smallest absolute Gasteiger partial charge is 0.393 e. The number of rotatable bonds is 6. The lowest BCUT2D eigenvalue weighted by molar-refractivity contribution is -0.0578. The molecule has 0 fully saturated rings. The largest absolute Gasteiger partial charge is 0.433 e. The molecule has 2 rings (SSSR count). The fraction of sp³-hybridized carbons (Fsp3) is 0.222. The Morgan fingerprint density at radius 3 is 2.33 bits per heavy atom. The Kier molecular flexibility index (Phi) is 7.63. The van der Waals surface area contributed by atoms with E-state index in [1.165, 1.54) is 38.2 Å². The second kappa shape index (κ2) is 9.77. The van der Waals surface area contributed by atoms with Gasteiger partial charge in [-0.25, -0.2) is 4.79 Å². The second-order valence-corrected chi connectivity index (χ2v) is 6.93. The summed E-state index contributed by atoms with van der Waals surface area (Å²) in [4.78, 5) is 12.0. The van der Waals surface area contributed by atoms with Crippen molar-refractivity contribution >= 4 is 46.2 Å². The van der Waals surface area contributed by atoms with E-state index < -0.39 is 23.5 Å². The summed E-state index contributed by atoms with van der Waals surface area (Å²) in [5.74, 6) is 0. The summed E-state index contributed by atoms with van der Waals surface area (Å²) in [6.45, 7) is 1.50. The van der Waals surface area contributed by atoms with E-state index >= 15 is 0 Å². The summed E-state index contributed by atoms with van der Waals surface area (Å²) in [5, 5.41) is 23.3. The molecule has 1 heterocycles. The minimum absolute atomic E-state index is 0.0317. The van der Waals surface area contributed by atoms with Gasteiger partial charge in [0.1, 0.15) is 5.71 Å². The molecule has 4 N–H and O–H groups in total. The Morgan fingerprint density at radius 2 is 1.80 bits per heavy atom. The number of halogens is 5. The molecule has 0 saturated heterocycles. The van der Waals surface area contributed by atoms with Gasteiger partial charge in [-0.15, -0.1) is 5.10 Å². The lowest BCUT2D eigenvalue weighted by Crippen LogP contribution is -2.29. The maximum absolute atomic E-state index is 12.9. The van der Waals surface area contributed by atoms with E-state index in [0.717, 1.165) is 6.20 Å². The van der Waals surface area contributed by atoms with Crippen molar-refractivity contribution in [3.05, 3.63) is 57.5 Å². The van der Waals surface area contributed by atoms with Gasteiger partial charge in [0.15, 0.2) is 0 Å². The van der Waals surface area contributed by atoms with Crippen LogP contribution >= 0.6 is 23.2 Å². The molecule has 0 atom stereocenters. The molecular weight excluding hydrogens is 444 g/mol. The van der Waals surface area contributed by atoms with Crippen LogP contribution in [0.25, 0.3) is 5.57 Å². The van der Waals surface area contributed by atoms with Crippen molar-refractivity contribution in [2.45, 2.75) is 19.6 Å². The lowest BCUT2D eigenvalue weighted by Gasteiger charge is -2.14. The molecule has 1 aromatic heterocycles. The maximum atomic E-state index is 12.9. The number of amides is 2. The molecule has 0 unspecified atom stereocenters. The monoisotopic (exact) mass is 460 g/mol. The van der Waals surface area contributed by atoms with Gasteiger partial charge in [-0.05, 0) is 36.8 Å². The van der Waals surface area contributed by atoms with E-state index in [4.69, 9.17) is 28.6 Å². The van der Waals surface area contributed by atoms with E-state index in [-0.39, 0.29) is 12.2 Å². The van der Waals surface area contributed by atoms with Crippen molar-refractivity contribution in [3.8, 4) is 0 Å². The van der Waals surface area contributed by atoms with Gasteiger partial charge >= 0.3 is 12.2 Å². The molecule has 2 aromatic rings. The van der Waals surface area contributed by atoms with Gasteiger partial charge in [-0.2, -0.15) is 18.3 Å². The highest BCUT2D eigenvalue weighted by atomic mass is 35.5. The minimum Gasteiger partial charge on any atom is -0.393 e. The van der Waals surface area contributed by atoms with Gasteiger partial charge in [0.05, 0.1) is 17.9 Å².